The Bertz CT molecular complexity index is 1030. The molecule has 2 aromatic rings. The van der Waals surface area contributed by atoms with Crippen LogP contribution in [0.15, 0.2) is 47.4 Å². The van der Waals surface area contributed by atoms with E-state index in [9.17, 15) is 22.0 Å². The molecule has 10 heteroatoms. The minimum Gasteiger partial charge on any atom is -0.434 e. The predicted octanol–water partition coefficient (Wildman–Crippen LogP) is 4.44. The molecule has 1 amide bonds. The Morgan fingerprint density at radius 2 is 1.77 bits per heavy atom. The van der Waals surface area contributed by atoms with Crippen molar-refractivity contribution in [2.75, 3.05) is 13.1 Å². The smallest absolute Gasteiger partial charge is 0.387 e. The summed E-state index contributed by atoms with van der Waals surface area (Å²) in [5.41, 5.74) is 0.465. The second-order valence-corrected chi connectivity index (χ2v) is 9.45. The van der Waals surface area contributed by atoms with Gasteiger partial charge in [-0.25, -0.2) is 8.42 Å². The molecular formula is C21H23ClF2N2O4S. The van der Waals surface area contributed by atoms with Gasteiger partial charge >= 0.3 is 6.61 Å². The van der Waals surface area contributed by atoms with Crippen LogP contribution in [-0.4, -0.2) is 38.3 Å². The molecule has 2 aromatic carbocycles. The molecule has 168 valence electrons. The molecule has 1 aliphatic rings. The van der Waals surface area contributed by atoms with Gasteiger partial charge in [-0.3, -0.25) is 4.79 Å². The number of hydrogen-bond acceptors (Lipinski definition) is 4. The largest absolute Gasteiger partial charge is 0.434 e. The van der Waals surface area contributed by atoms with Crippen LogP contribution in [0.25, 0.3) is 0 Å². The summed E-state index contributed by atoms with van der Waals surface area (Å²) in [7, 11) is -3.84. The first-order valence-corrected chi connectivity index (χ1v) is 11.7. The van der Waals surface area contributed by atoms with Crippen molar-refractivity contribution < 1.29 is 26.7 Å². The van der Waals surface area contributed by atoms with Gasteiger partial charge in [0.15, 0.2) is 0 Å². The molecule has 0 spiro atoms. The van der Waals surface area contributed by atoms with Crippen molar-refractivity contribution in [1.82, 2.24) is 9.62 Å². The van der Waals surface area contributed by atoms with Gasteiger partial charge in [0.05, 0.1) is 5.02 Å². The Hall–Kier alpha value is -2.23. The van der Waals surface area contributed by atoms with Crippen LogP contribution in [0.2, 0.25) is 5.02 Å². The van der Waals surface area contributed by atoms with Crippen molar-refractivity contribution in [3.63, 3.8) is 0 Å². The topological polar surface area (TPSA) is 75.7 Å². The summed E-state index contributed by atoms with van der Waals surface area (Å²) in [5, 5.41) is 2.64. The first kappa shape index (κ1) is 23.4. The lowest BCUT2D eigenvalue weighted by atomic mass is 10.1. The van der Waals surface area contributed by atoms with E-state index < -0.39 is 22.5 Å². The number of carbonyl (C=O) groups is 1. The third-order valence-corrected chi connectivity index (χ3v) is 7.38. The molecule has 1 fully saturated rings. The third kappa shape index (κ3) is 5.93. The Balaban J connectivity index is 1.78. The van der Waals surface area contributed by atoms with Crippen LogP contribution >= 0.6 is 11.6 Å². The Labute approximate surface area is 185 Å². The zero-order chi connectivity index (χ0) is 22.4. The molecular weight excluding hydrogens is 450 g/mol. The van der Waals surface area contributed by atoms with Gasteiger partial charge in [-0.2, -0.15) is 13.1 Å². The quantitative estimate of drug-likeness (QED) is 0.646. The van der Waals surface area contributed by atoms with Gasteiger partial charge in [0.2, 0.25) is 10.0 Å². The Morgan fingerprint density at radius 3 is 2.45 bits per heavy atom. The van der Waals surface area contributed by atoms with Crippen LogP contribution in [-0.2, 0) is 16.6 Å². The molecule has 6 nitrogen and oxygen atoms in total. The zero-order valence-corrected chi connectivity index (χ0v) is 18.3. The number of carbonyl (C=O) groups excluding carboxylic acids is 1. The molecule has 1 aliphatic heterocycles. The summed E-state index contributed by atoms with van der Waals surface area (Å²) in [6, 6.07) is 10.1. The molecule has 0 bridgehead atoms. The van der Waals surface area contributed by atoms with E-state index in [1.807, 2.05) is 0 Å². The number of ether oxygens (including phenoxy) is 1. The SMILES string of the molecule is O=C(NCc1ccccc1OC(F)F)c1ccc(Cl)c(S(=O)(=O)N2CCCCCC2)c1. The monoisotopic (exact) mass is 472 g/mol. The Morgan fingerprint density at radius 1 is 1.10 bits per heavy atom. The number of alkyl halides is 2. The van der Waals surface area contributed by atoms with Crippen molar-refractivity contribution in [3.8, 4) is 5.75 Å². The van der Waals surface area contributed by atoms with Crippen molar-refractivity contribution in [2.24, 2.45) is 0 Å². The molecule has 0 radical (unpaired) electrons. The fourth-order valence-corrected chi connectivity index (χ4v) is 5.42. The summed E-state index contributed by atoms with van der Waals surface area (Å²) in [4.78, 5) is 12.5. The highest BCUT2D eigenvalue weighted by molar-refractivity contribution is 7.89. The van der Waals surface area contributed by atoms with Gasteiger partial charge in [0.1, 0.15) is 10.6 Å². The molecule has 1 heterocycles. The highest BCUT2D eigenvalue weighted by Gasteiger charge is 2.28. The molecule has 0 unspecified atom stereocenters. The number of rotatable bonds is 7. The second-order valence-electron chi connectivity index (χ2n) is 7.13. The average molecular weight is 473 g/mol. The normalized spacial score (nSPS) is 15.5. The van der Waals surface area contributed by atoms with Gasteiger partial charge in [-0.05, 0) is 37.1 Å². The lowest BCUT2D eigenvalue weighted by molar-refractivity contribution is -0.0504. The van der Waals surface area contributed by atoms with Crippen LogP contribution in [0.5, 0.6) is 5.75 Å². The van der Waals surface area contributed by atoms with Crippen LogP contribution in [0.1, 0.15) is 41.6 Å². The highest BCUT2D eigenvalue weighted by atomic mass is 35.5. The van der Waals surface area contributed by atoms with E-state index in [0.717, 1.165) is 25.7 Å². The van der Waals surface area contributed by atoms with Crippen LogP contribution in [0.3, 0.4) is 0 Å². The summed E-state index contributed by atoms with van der Waals surface area (Å²) < 4.78 is 57.1. The van der Waals surface area contributed by atoms with Gasteiger partial charge in [0, 0.05) is 30.8 Å². The van der Waals surface area contributed by atoms with E-state index in [2.05, 4.69) is 10.1 Å². The summed E-state index contributed by atoms with van der Waals surface area (Å²) in [6.45, 7) is -2.23. The van der Waals surface area contributed by atoms with Crippen molar-refractivity contribution in [1.29, 1.82) is 0 Å². The van der Waals surface area contributed by atoms with E-state index in [1.165, 1.54) is 28.6 Å². The number of sulfonamides is 1. The lowest BCUT2D eigenvalue weighted by Crippen LogP contribution is -2.32. The molecule has 1 N–H and O–H groups in total. The number of amides is 1. The highest BCUT2D eigenvalue weighted by Crippen LogP contribution is 2.28. The third-order valence-electron chi connectivity index (χ3n) is 5.00. The first-order valence-electron chi connectivity index (χ1n) is 9.89. The molecule has 0 aliphatic carbocycles. The number of nitrogens with zero attached hydrogens (tertiary/aromatic N) is 1. The molecule has 0 aromatic heterocycles. The van der Waals surface area contributed by atoms with Crippen LogP contribution in [0.4, 0.5) is 8.78 Å². The zero-order valence-electron chi connectivity index (χ0n) is 16.7. The maximum Gasteiger partial charge on any atom is 0.387 e. The van der Waals surface area contributed by atoms with E-state index in [1.54, 1.807) is 18.2 Å². The second kappa shape index (κ2) is 10.4. The van der Waals surface area contributed by atoms with Crippen molar-refractivity contribution in [3.05, 3.63) is 58.6 Å². The predicted molar refractivity (Wildman–Crippen MR) is 113 cm³/mol. The number of para-hydroxylation sites is 1. The maximum atomic E-state index is 13.1. The minimum absolute atomic E-state index is 0.0384. The Kier molecular flexibility index (Phi) is 7.85. The molecule has 0 atom stereocenters. The fourth-order valence-electron chi connectivity index (χ4n) is 3.40. The minimum atomic E-state index is -3.84. The van der Waals surface area contributed by atoms with E-state index in [-0.39, 0.29) is 27.8 Å². The first-order chi connectivity index (χ1) is 14.8. The van der Waals surface area contributed by atoms with Gasteiger partial charge in [0.25, 0.3) is 5.91 Å². The number of halogens is 3. The summed E-state index contributed by atoms with van der Waals surface area (Å²) in [5.74, 6) is -0.603. The van der Waals surface area contributed by atoms with E-state index in [0.29, 0.717) is 18.7 Å². The molecule has 3 rings (SSSR count). The van der Waals surface area contributed by atoms with Crippen LogP contribution in [0, 0.1) is 0 Å². The standard InChI is InChI=1S/C21H23ClF2N2O4S/c22-17-10-9-15(13-19(17)31(28,29)26-11-5-1-2-6-12-26)20(27)25-14-16-7-3-4-8-18(16)30-21(23)24/h3-4,7-10,13,21H,1-2,5-6,11-12,14H2,(H,25,27). The molecule has 0 saturated carbocycles. The average Bonchev–Trinajstić information content (AvgIpc) is 3.03. The summed E-state index contributed by atoms with van der Waals surface area (Å²) in [6.07, 6.45) is 3.49. The number of benzene rings is 2. The van der Waals surface area contributed by atoms with E-state index in [4.69, 9.17) is 11.6 Å². The maximum absolute atomic E-state index is 13.1. The van der Waals surface area contributed by atoms with Gasteiger partial charge in [-0.15, -0.1) is 0 Å². The fraction of sp³-hybridized carbons (Fsp3) is 0.381. The van der Waals surface area contributed by atoms with Gasteiger partial charge < -0.3 is 10.1 Å². The molecule has 31 heavy (non-hydrogen) atoms. The van der Waals surface area contributed by atoms with E-state index >= 15 is 0 Å². The van der Waals surface area contributed by atoms with Crippen LogP contribution < -0.4 is 10.1 Å². The van der Waals surface area contributed by atoms with Gasteiger partial charge in [-0.1, -0.05) is 42.6 Å². The van der Waals surface area contributed by atoms with Crippen molar-refractivity contribution >= 4 is 27.5 Å². The summed E-state index contributed by atoms with van der Waals surface area (Å²) >= 11 is 6.16. The number of hydrogen-bond donors (Lipinski definition) is 1. The number of nitrogens with one attached hydrogen (secondary N) is 1. The lowest BCUT2D eigenvalue weighted by Gasteiger charge is -2.21. The van der Waals surface area contributed by atoms with Crippen molar-refractivity contribution in [2.45, 2.75) is 43.7 Å². The molecule has 1 saturated heterocycles.